The molecule has 8 heteroatoms. The number of amides is 1. The number of carbonyl (C=O) groups is 2. The molecule has 0 atom stereocenters. The van der Waals surface area contributed by atoms with Gasteiger partial charge in [0, 0.05) is 24.1 Å². The number of ether oxygens (including phenoxy) is 3. The molecule has 1 aliphatic carbocycles. The van der Waals surface area contributed by atoms with Crippen LogP contribution in [0, 0.1) is 11.3 Å². The number of carbonyl (C=O) groups excluding carboxylic acids is 2. The number of benzene rings is 2. The van der Waals surface area contributed by atoms with Crippen LogP contribution in [0.15, 0.2) is 42.5 Å². The van der Waals surface area contributed by atoms with E-state index in [-0.39, 0.29) is 24.0 Å². The van der Waals surface area contributed by atoms with Gasteiger partial charge in [0.15, 0.2) is 0 Å². The Labute approximate surface area is 211 Å². The van der Waals surface area contributed by atoms with Gasteiger partial charge in [0.25, 0.3) is 5.91 Å². The van der Waals surface area contributed by atoms with Gasteiger partial charge in [-0.3, -0.25) is 9.59 Å². The van der Waals surface area contributed by atoms with E-state index in [0.29, 0.717) is 34.9 Å². The lowest BCUT2D eigenvalue weighted by atomic mass is 9.92. The van der Waals surface area contributed by atoms with Crippen molar-refractivity contribution in [1.29, 1.82) is 5.26 Å². The molecular formula is C27H31ClN2O5. The van der Waals surface area contributed by atoms with E-state index in [1.165, 1.54) is 7.11 Å². The van der Waals surface area contributed by atoms with Crippen molar-refractivity contribution in [1.82, 2.24) is 5.32 Å². The van der Waals surface area contributed by atoms with Crippen molar-refractivity contribution in [2.45, 2.75) is 63.5 Å². The molecule has 1 saturated carbocycles. The van der Waals surface area contributed by atoms with E-state index in [4.69, 9.17) is 26.3 Å². The summed E-state index contributed by atoms with van der Waals surface area (Å²) >= 11 is 6.08. The minimum atomic E-state index is -0.186. The number of unbranched alkanes of at least 4 members (excludes halogenated alkanes) is 2. The molecule has 0 saturated heterocycles. The monoisotopic (exact) mass is 498 g/mol. The molecule has 1 fully saturated rings. The summed E-state index contributed by atoms with van der Waals surface area (Å²) in [5, 5.41) is 12.5. The molecule has 186 valence electrons. The topological polar surface area (TPSA) is 97.7 Å². The molecule has 3 rings (SSSR count). The number of rotatable bonds is 11. The number of nitrogens with one attached hydrogen (secondary N) is 1. The average molecular weight is 499 g/mol. The van der Waals surface area contributed by atoms with Crippen LogP contribution in [0.2, 0.25) is 5.02 Å². The van der Waals surface area contributed by atoms with Gasteiger partial charge in [-0.05, 0) is 81.3 Å². The van der Waals surface area contributed by atoms with Gasteiger partial charge in [0.05, 0.1) is 30.4 Å². The van der Waals surface area contributed by atoms with Crippen LogP contribution in [-0.4, -0.2) is 37.7 Å². The molecule has 35 heavy (non-hydrogen) atoms. The predicted octanol–water partition coefficient (Wildman–Crippen LogP) is 5.44. The first kappa shape index (κ1) is 26.4. The van der Waals surface area contributed by atoms with Crippen molar-refractivity contribution >= 4 is 23.5 Å². The van der Waals surface area contributed by atoms with E-state index in [1.54, 1.807) is 42.5 Å². The molecule has 2 aromatic rings. The van der Waals surface area contributed by atoms with Crippen LogP contribution in [0.5, 0.6) is 11.5 Å². The number of esters is 1. The fourth-order valence-corrected chi connectivity index (χ4v) is 4.20. The minimum absolute atomic E-state index is 0.0593. The Bertz CT molecular complexity index is 1030. The standard InChI is InChI=1S/C27H31ClN2O5/c1-33-26(31)5-3-2-4-16-34-22-11-6-19(7-12-22)27(32)30-21-9-14-23(15-10-21)35-24-13-8-20(18-29)25(28)17-24/h6-8,11-13,17,21,23H,2-5,9-10,14-16H2,1H3,(H,30,32)/t21-,23-. The maximum absolute atomic E-state index is 12.6. The number of methoxy groups -OCH3 is 1. The first-order chi connectivity index (χ1) is 17.0. The normalized spacial score (nSPS) is 17.2. The van der Waals surface area contributed by atoms with Crippen LogP contribution in [0.25, 0.3) is 0 Å². The second-order valence-electron chi connectivity index (χ2n) is 8.58. The predicted molar refractivity (Wildman–Crippen MR) is 133 cm³/mol. The number of hydrogen-bond donors (Lipinski definition) is 1. The highest BCUT2D eigenvalue weighted by Crippen LogP contribution is 2.27. The second-order valence-corrected chi connectivity index (χ2v) is 8.99. The molecule has 0 unspecified atom stereocenters. The van der Waals surface area contributed by atoms with E-state index >= 15 is 0 Å². The highest BCUT2D eigenvalue weighted by Gasteiger charge is 2.24. The van der Waals surface area contributed by atoms with Gasteiger partial charge in [0.1, 0.15) is 17.6 Å². The van der Waals surface area contributed by atoms with Crippen molar-refractivity contribution in [3.63, 3.8) is 0 Å². The zero-order chi connectivity index (χ0) is 25.0. The fourth-order valence-electron chi connectivity index (χ4n) is 3.99. The maximum atomic E-state index is 12.6. The lowest BCUT2D eigenvalue weighted by Crippen LogP contribution is -2.39. The van der Waals surface area contributed by atoms with Crippen molar-refractivity contribution < 1.29 is 23.8 Å². The van der Waals surface area contributed by atoms with Crippen LogP contribution < -0.4 is 14.8 Å². The number of nitriles is 1. The third kappa shape index (κ3) is 8.48. The molecule has 0 radical (unpaired) electrons. The van der Waals surface area contributed by atoms with Crippen LogP contribution in [0.4, 0.5) is 0 Å². The largest absolute Gasteiger partial charge is 0.494 e. The highest BCUT2D eigenvalue weighted by atomic mass is 35.5. The van der Waals surface area contributed by atoms with E-state index in [1.807, 2.05) is 6.07 Å². The zero-order valence-corrected chi connectivity index (χ0v) is 20.7. The van der Waals surface area contributed by atoms with Gasteiger partial charge in [-0.1, -0.05) is 11.6 Å². The molecule has 1 amide bonds. The SMILES string of the molecule is COC(=O)CCCCCOc1ccc(C(=O)N[C@H]2CC[C@H](Oc3ccc(C#N)c(Cl)c3)CC2)cc1. The summed E-state index contributed by atoms with van der Waals surface area (Å²) < 4.78 is 16.4. The van der Waals surface area contributed by atoms with Gasteiger partial charge in [-0.2, -0.15) is 5.26 Å². The van der Waals surface area contributed by atoms with Gasteiger partial charge in [-0.25, -0.2) is 0 Å². The number of hydrogen-bond acceptors (Lipinski definition) is 6. The van der Waals surface area contributed by atoms with Crippen LogP contribution in [-0.2, 0) is 9.53 Å². The van der Waals surface area contributed by atoms with Crippen molar-refractivity contribution in [2.24, 2.45) is 0 Å². The number of nitrogens with zero attached hydrogens (tertiary/aromatic N) is 1. The van der Waals surface area contributed by atoms with Gasteiger partial charge < -0.3 is 19.5 Å². The highest BCUT2D eigenvalue weighted by molar-refractivity contribution is 6.31. The smallest absolute Gasteiger partial charge is 0.305 e. The van der Waals surface area contributed by atoms with Crippen LogP contribution >= 0.6 is 11.6 Å². The first-order valence-electron chi connectivity index (χ1n) is 12.0. The van der Waals surface area contributed by atoms with Crippen molar-refractivity contribution in [3.8, 4) is 17.6 Å². The lowest BCUT2D eigenvalue weighted by Gasteiger charge is -2.29. The fraction of sp³-hybridized carbons (Fsp3) is 0.444. The molecular weight excluding hydrogens is 468 g/mol. The molecule has 7 nitrogen and oxygen atoms in total. The van der Waals surface area contributed by atoms with Crippen LogP contribution in [0.3, 0.4) is 0 Å². The molecule has 2 aromatic carbocycles. The summed E-state index contributed by atoms with van der Waals surface area (Å²) in [6.45, 7) is 0.562. The summed E-state index contributed by atoms with van der Waals surface area (Å²) in [4.78, 5) is 23.7. The Kier molecular flexibility index (Phi) is 10.2. The summed E-state index contributed by atoms with van der Waals surface area (Å²) in [5.74, 6) is 1.09. The van der Waals surface area contributed by atoms with E-state index in [2.05, 4.69) is 10.1 Å². The molecule has 1 N–H and O–H groups in total. The molecule has 0 bridgehead atoms. The Morgan fingerprint density at radius 3 is 2.40 bits per heavy atom. The van der Waals surface area contributed by atoms with E-state index < -0.39 is 0 Å². The maximum Gasteiger partial charge on any atom is 0.305 e. The Morgan fingerprint density at radius 1 is 1.03 bits per heavy atom. The Balaban J connectivity index is 1.35. The Morgan fingerprint density at radius 2 is 1.74 bits per heavy atom. The average Bonchev–Trinajstić information content (AvgIpc) is 2.87. The quantitative estimate of drug-likeness (QED) is 0.327. The summed E-state index contributed by atoms with van der Waals surface area (Å²) in [6.07, 6.45) is 6.34. The molecule has 1 aliphatic rings. The summed E-state index contributed by atoms with van der Waals surface area (Å²) in [5.41, 5.74) is 1.03. The molecule has 0 heterocycles. The van der Waals surface area contributed by atoms with Crippen molar-refractivity contribution in [3.05, 3.63) is 58.6 Å². The van der Waals surface area contributed by atoms with E-state index in [9.17, 15) is 9.59 Å². The minimum Gasteiger partial charge on any atom is -0.494 e. The second kappa shape index (κ2) is 13.6. The third-order valence-corrected chi connectivity index (χ3v) is 6.32. The molecule has 0 aliphatic heterocycles. The summed E-state index contributed by atoms with van der Waals surface area (Å²) in [7, 11) is 1.40. The van der Waals surface area contributed by atoms with Gasteiger partial charge in [0.2, 0.25) is 0 Å². The first-order valence-corrected chi connectivity index (χ1v) is 12.3. The van der Waals surface area contributed by atoms with Gasteiger partial charge >= 0.3 is 5.97 Å². The molecule has 0 aromatic heterocycles. The zero-order valence-electron chi connectivity index (χ0n) is 19.9. The van der Waals surface area contributed by atoms with E-state index in [0.717, 1.165) is 50.7 Å². The van der Waals surface area contributed by atoms with Crippen LogP contribution in [0.1, 0.15) is 67.3 Å². The third-order valence-electron chi connectivity index (χ3n) is 6.01. The number of halogens is 1. The Hall–Kier alpha value is -3.24. The van der Waals surface area contributed by atoms with Gasteiger partial charge in [-0.15, -0.1) is 0 Å². The van der Waals surface area contributed by atoms with Crippen molar-refractivity contribution in [2.75, 3.05) is 13.7 Å². The lowest BCUT2D eigenvalue weighted by molar-refractivity contribution is -0.140. The molecule has 0 spiro atoms. The summed E-state index contributed by atoms with van der Waals surface area (Å²) in [6, 6.07) is 14.4.